The number of halogens is 1. The fraction of sp³-hybridized carbons (Fsp3) is 0.227. The lowest BCUT2D eigenvalue weighted by atomic mass is 10.0. The van der Waals surface area contributed by atoms with Gasteiger partial charge in [-0.2, -0.15) is 0 Å². The van der Waals surface area contributed by atoms with E-state index in [2.05, 4.69) is 21.2 Å². The molecule has 0 radical (unpaired) electrons. The minimum Gasteiger partial charge on any atom is -0.480 e. The van der Waals surface area contributed by atoms with E-state index >= 15 is 0 Å². The summed E-state index contributed by atoms with van der Waals surface area (Å²) in [6.45, 7) is 3.86. The van der Waals surface area contributed by atoms with Gasteiger partial charge in [-0.15, -0.1) is 0 Å². The van der Waals surface area contributed by atoms with Crippen molar-refractivity contribution in [2.75, 3.05) is 0 Å². The number of amides is 1. The summed E-state index contributed by atoms with van der Waals surface area (Å²) < 4.78 is 2.55. The van der Waals surface area contributed by atoms with Gasteiger partial charge in [0.05, 0.1) is 5.52 Å². The van der Waals surface area contributed by atoms with Crippen LogP contribution in [0.3, 0.4) is 0 Å². The van der Waals surface area contributed by atoms with Crippen LogP contribution >= 0.6 is 15.9 Å². The SMILES string of the molecule is CC(C)[C@H](NC(=O)c1cn(Cc2ccccc2)c2ccc(Br)cc2c1=O)C(=O)O. The second-order valence-electron chi connectivity index (χ2n) is 7.18. The Balaban J connectivity index is 2.12. The van der Waals surface area contributed by atoms with E-state index in [9.17, 15) is 19.5 Å². The minimum atomic E-state index is -1.14. The Hall–Kier alpha value is -2.93. The standard InChI is InChI=1S/C22H21BrN2O4/c1-13(2)19(22(28)29)24-21(27)17-12-25(11-14-6-4-3-5-7-14)18-9-8-15(23)10-16(18)20(17)26/h3-10,12-13,19H,11H2,1-2H3,(H,24,27)(H,28,29)/t19-/m0/s1. The van der Waals surface area contributed by atoms with E-state index in [1.54, 1.807) is 19.9 Å². The van der Waals surface area contributed by atoms with Crippen molar-refractivity contribution < 1.29 is 14.7 Å². The number of carbonyl (C=O) groups is 2. The summed E-state index contributed by atoms with van der Waals surface area (Å²) >= 11 is 3.37. The third kappa shape index (κ3) is 4.56. The Morgan fingerprint density at radius 2 is 1.83 bits per heavy atom. The summed E-state index contributed by atoms with van der Waals surface area (Å²) in [4.78, 5) is 37.3. The number of aliphatic carboxylic acids is 1. The van der Waals surface area contributed by atoms with Crippen molar-refractivity contribution in [3.63, 3.8) is 0 Å². The Morgan fingerprint density at radius 3 is 2.45 bits per heavy atom. The second-order valence-corrected chi connectivity index (χ2v) is 8.10. The highest BCUT2D eigenvalue weighted by molar-refractivity contribution is 9.10. The van der Waals surface area contributed by atoms with Crippen LogP contribution in [0.15, 0.2) is 64.0 Å². The van der Waals surface area contributed by atoms with Gasteiger partial charge >= 0.3 is 5.97 Å². The van der Waals surface area contributed by atoms with Gasteiger partial charge in [0.2, 0.25) is 5.43 Å². The molecule has 2 N–H and O–H groups in total. The van der Waals surface area contributed by atoms with Crippen LogP contribution in [-0.4, -0.2) is 27.6 Å². The Labute approximate surface area is 176 Å². The number of carbonyl (C=O) groups excluding carboxylic acids is 1. The second kappa shape index (κ2) is 8.61. The van der Waals surface area contributed by atoms with E-state index in [1.807, 2.05) is 47.0 Å². The molecule has 6 nitrogen and oxygen atoms in total. The highest BCUT2D eigenvalue weighted by Crippen LogP contribution is 2.19. The number of hydrogen-bond donors (Lipinski definition) is 2. The number of carboxylic acids is 1. The Kier molecular flexibility index (Phi) is 6.17. The molecule has 0 unspecified atom stereocenters. The van der Waals surface area contributed by atoms with Gasteiger partial charge < -0.3 is 15.0 Å². The number of benzene rings is 2. The van der Waals surface area contributed by atoms with E-state index in [4.69, 9.17) is 0 Å². The molecule has 0 saturated heterocycles. The van der Waals surface area contributed by atoms with Gasteiger partial charge in [0, 0.05) is 22.6 Å². The molecule has 1 aromatic heterocycles. The van der Waals surface area contributed by atoms with Crippen molar-refractivity contribution in [2.24, 2.45) is 5.92 Å². The first-order valence-electron chi connectivity index (χ1n) is 9.18. The average Bonchev–Trinajstić information content (AvgIpc) is 2.68. The fourth-order valence-electron chi connectivity index (χ4n) is 3.17. The largest absolute Gasteiger partial charge is 0.480 e. The number of nitrogens with zero attached hydrogens (tertiary/aromatic N) is 1. The molecular weight excluding hydrogens is 436 g/mol. The highest BCUT2D eigenvalue weighted by Gasteiger charge is 2.26. The van der Waals surface area contributed by atoms with Crippen LogP contribution in [0.25, 0.3) is 10.9 Å². The average molecular weight is 457 g/mol. The molecule has 0 aliphatic rings. The molecule has 1 heterocycles. The molecule has 0 aliphatic carbocycles. The molecule has 0 aliphatic heterocycles. The van der Waals surface area contributed by atoms with Gasteiger partial charge in [-0.1, -0.05) is 60.1 Å². The van der Waals surface area contributed by atoms with Gasteiger partial charge in [-0.3, -0.25) is 9.59 Å². The quantitative estimate of drug-likeness (QED) is 0.592. The Bertz CT molecular complexity index is 1120. The molecule has 0 bridgehead atoms. The monoisotopic (exact) mass is 456 g/mol. The number of fused-ring (bicyclic) bond motifs is 1. The van der Waals surface area contributed by atoms with E-state index in [-0.39, 0.29) is 11.5 Å². The predicted molar refractivity (Wildman–Crippen MR) is 115 cm³/mol. The molecule has 3 rings (SSSR count). The summed E-state index contributed by atoms with van der Waals surface area (Å²) in [6, 6.07) is 13.9. The normalized spacial score (nSPS) is 12.1. The van der Waals surface area contributed by atoms with Crippen molar-refractivity contribution in [1.82, 2.24) is 9.88 Å². The van der Waals surface area contributed by atoms with Crippen LogP contribution in [0.1, 0.15) is 29.8 Å². The third-order valence-corrected chi connectivity index (χ3v) is 5.20. The lowest BCUT2D eigenvalue weighted by Crippen LogP contribution is -2.45. The highest BCUT2D eigenvalue weighted by atomic mass is 79.9. The first-order chi connectivity index (χ1) is 13.8. The van der Waals surface area contributed by atoms with Gasteiger partial charge in [-0.05, 0) is 29.7 Å². The predicted octanol–water partition coefficient (Wildman–Crippen LogP) is 3.65. The number of hydrogen-bond acceptors (Lipinski definition) is 3. The molecular formula is C22H21BrN2O4. The van der Waals surface area contributed by atoms with Gasteiger partial charge in [0.15, 0.2) is 0 Å². The topological polar surface area (TPSA) is 88.4 Å². The van der Waals surface area contributed by atoms with Gasteiger partial charge in [-0.25, -0.2) is 4.79 Å². The van der Waals surface area contributed by atoms with Crippen molar-refractivity contribution in [2.45, 2.75) is 26.4 Å². The van der Waals surface area contributed by atoms with E-state index in [0.717, 1.165) is 10.0 Å². The summed E-state index contributed by atoms with van der Waals surface area (Å²) in [7, 11) is 0. The molecule has 29 heavy (non-hydrogen) atoms. The lowest BCUT2D eigenvalue weighted by molar-refractivity contribution is -0.140. The van der Waals surface area contributed by atoms with Crippen molar-refractivity contribution in [3.05, 3.63) is 80.6 Å². The van der Waals surface area contributed by atoms with Crippen LogP contribution in [0.2, 0.25) is 0 Å². The lowest BCUT2D eigenvalue weighted by Gasteiger charge is -2.19. The summed E-state index contributed by atoms with van der Waals surface area (Å²) in [5.41, 5.74) is 1.18. The zero-order chi connectivity index (χ0) is 21.1. The zero-order valence-corrected chi connectivity index (χ0v) is 17.6. The van der Waals surface area contributed by atoms with Crippen molar-refractivity contribution in [3.8, 4) is 0 Å². The molecule has 0 spiro atoms. The van der Waals surface area contributed by atoms with Crippen molar-refractivity contribution >= 4 is 38.7 Å². The van der Waals surface area contributed by atoms with E-state index in [1.165, 1.54) is 6.20 Å². The molecule has 150 valence electrons. The number of aromatic nitrogens is 1. The first kappa shape index (κ1) is 20.8. The number of rotatable bonds is 6. The van der Waals surface area contributed by atoms with Gasteiger partial charge in [0.25, 0.3) is 5.91 Å². The number of carboxylic acid groups (broad SMARTS) is 1. The zero-order valence-electron chi connectivity index (χ0n) is 16.1. The van der Waals surface area contributed by atoms with Crippen LogP contribution in [0, 0.1) is 5.92 Å². The van der Waals surface area contributed by atoms with E-state index in [0.29, 0.717) is 17.4 Å². The minimum absolute atomic E-state index is 0.0848. The van der Waals surface area contributed by atoms with Crippen LogP contribution in [0.4, 0.5) is 0 Å². The molecule has 0 saturated carbocycles. The maximum Gasteiger partial charge on any atom is 0.326 e. The summed E-state index contributed by atoms with van der Waals surface area (Å²) in [5.74, 6) is -2.15. The fourth-order valence-corrected chi connectivity index (χ4v) is 3.54. The molecule has 1 amide bonds. The summed E-state index contributed by atoms with van der Waals surface area (Å²) in [5, 5.41) is 12.2. The maximum absolute atomic E-state index is 13.0. The summed E-state index contributed by atoms with van der Waals surface area (Å²) in [6.07, 6.45) is 1.50. The Morgan fingerprint density at radius 1 is 1.14 bits per heavy atom. The maximum atomic E-state index is 13.0. The van der Waals surface area contributed by atoms with Crippen LogP contribution in [0.5, 0.6) is 0 Å². The molecule has 3 aromatic rings. The van der Waals surface area contributed by atoms with E-state index < -0.39 is 23.3 Å². The molecule has 0 fully saturated rings. The van der Waals surface area contributed by atoms with Crippen LogP contribution in [-0.2, 0) is 11.3 Å². The van der Waals surface area contributed by atoms with Gasteiger partial charge in [0.1, 0.15) is 11.6 Å². The molecule has 7 heteroatoms. The van der Waals surface area contributed by atoms with Crippen LogP contribution < -0.4 is 10.7 Å². The smallest absolute Gasteiger partial charge is 0.326 e. The molecule has 1 atom stereocenters. The first-order valence-corrected chi connectivity index (χ1v) is 9.97. The number of nitrogens with one attached hydrogen (secondary N) is 1. The van der Waals surface area contributed by atoms with Crippen molar-refractivity contribution in [1.29, 1.82) is 0 Å². The third-order valence-electron chi connectivity index (χ3n) is 4.70. The number of pyridine rings is 1. The molecule has 2 aromatic carbocycles.